The number of hydrogen-bond acceptors (Lipinski definition) is 3. The predicted octanol–water partition coefficient (Wildman–Crippen LogP) is 1.97. The standard InChI is InChI=1S/C9H10N2O/c1-2-6-3-8-9(4-7(6)10)12-5-11-8/h3-5H,2,10H2,1H3. The van der Waals surface area contributed by atoms with Crippen molar-refractivity contribution in [2.75, 3.05) is 5.73 Å². The van der Waals surface area contributed by atoms with E-state index in [0.717, 1.165) is 28.8 Å². The number of nitrogens with two attached hydrogens (primary N) is 1. The van der Waals surface area contributed by atoms with Gasteiger partial charge in [-0.1, -0.05) is 6.92 Å². The summed E-state index contributed by atoms with van der Waals surface area (Å²) in [6, 6.07) is 3.79. The van der Waals surface area contributed by atoms with E-state index in [1.54, 1.807) is 0 Å². The van der Waals surface area contributed by atoms with Gasteiger partial charge in [0.15, 0.2) is 12.0 Å². The topological polar surface area (TPSA) is 52.0 Å². The average molecular weight is 162 g/mol. The summed E-state index contributed by atoms with van der Waals surface area (Å²) in [5.41, 5.74) is 9.30. The fraction of sp³-hybridized carbons (Fsp3) is 0.222. The van der Waals surface area contributed by atoms with Crippen LogP contribution < -0.4 is 5.73 Å². The molecule has 62 valence electrons. The molecule has 0 aliphatic rings. The third kappa shape index (κ3) is 0.942. The van der Waals surface area contributed by atoms with Gasteiger partial charge in [-0.2, -0.15) is 0 Å². The van der Waals surface area contributed by atoms with E-state index >= 15 is 0 Å². The molecule has 0 atom stereocenters. The van der Waals surface area contributed by atoms with E-state index in [4.69, 9.17) is 10.2 Å². The van der Waals surface area contributed by atoms with Gasteiger partial charge in [0.2, 0.25) is 0 Å². The van der Waals surface area contributed by atoms with Gasteiger partial charge in [0.25, 0.3) is 0 Å². The number of oxazole rings is 1. The monoisotopic (exact) mass is 162 g/mol. The quantitative estimate of drug-likeness (QED) is 0.652. The minimum Gasteiger partial charge on any atom is -0.443 e. The van der Waals surface area contributed by atoms with Crippen LogP contribution in [0.3, 0.4) is 0 Å². The van der Waals surface area contributed by atoms with Gasteiger partial charge in [-0.3, -0.25) is 0 Å². The SMILES string of the molecule is CCc1cc2ncoc2cc1N. The second-order valence-electron chi connectivity index (χ2n) is 2.72. The Labute approximate surface area is 70.2 Å². The number of fused-ring (bicyclic) bond motifs is 1. The Kier molecular flexibility index (Phi) is 1.50. The molecule has 2 rings (SSSR count). The summed E-state index contributed by atoms with van der Waals surface area (Å²) < 4.78 is 5.11. The Morgan fingerprint density at radius 3 is 3.08 bits per heavy atom. The molecule has 0 spiro atoms. The maximum absolute atomic E-state index is 5.77. The normalized spacial score (nSPS) is 10.8. The zero-order valence-electron chi connectivity index (χ0n) is 6.87. The van der Waals surface area contributed by atoms with Gasteiger partial charge in [-0.15, -0.1) is 0 Å². The molecular weight excluding hydrogens is 152 g/mol. The van der Waals surface area contributed by atoms with E-state index in [-0.39, 0.29) is 0 Å². The largest absolute Gasteiger partial charge is 0.443 e. The number of hydrogen-bond donors (Lipinski definition) is 1. The summed E-state index contributed by atoms with van der Waals surface area (Å²) in [7, 11) is 0. The fourth-order valence-corrected chi connectivity index (χ4v) is 1.27. The summed E-state index contributed by atoms with van der Waals surface area (Å²) in [5, 5.41) is 0. The van der Waals surface area contributed by atoms with Crippen molar-refractivity contribution in [1.29, 1.82) is 0 Å². The number of aromatic nitrogens is 1. The highest BCUT2D eigenvalue weighted by Gasteiger charge is 2.02. The second kappa shape index (κ2) is 2.52. The molecule has 2 aromatic rings. The van der Waals surface area contributed by atoms with Crippen molar-refractivity contribution < 1.29 is 4.42 Å². The molecule has 0 aliphatic carbocycles. The zero-order valence-corrected chi connectivity index (χ0v) is 6.87. The summed E-state index contributed by atoms with van der Waals surface area (Å²) in [5.74, 6) is 0. The molecule has 1 heterocycles. The lowest BCUT2D eigenvalue weighted by atomic mass is 10.1. The van der Waals surface area contributed by atoms with Crippen molar-refractivity contribution in [2.24, 2.45) is 0 Å². The molecule has 1 aromatic heterocycles. The van der Waals surface area contributed by atoms with Crippen LogP contribution in [0.2, 0.25) is 0 Å². The summed E-state index contributed by atoms with van der Waals surface area (Å²) in [6.07, 6.45) is 2.36. The number of aryl methyl sites for hydroxylation is 1. The van der Waals surface area contributed by atoms with Gasteiger partial charge < -0.3 is 10.2 Å². The predicted molar refractivity (Wildman–Crippen MR) is 47.8 cm³/mol. The number of rotatable bonds is 1. The average Bonchev–Trinajstić information content (AvgIpc) is 2.49. The van der Waals surface area contributed by atoms with Crippen LogP contribution in [0.25, 0.3) is 11.1 Å². The Bertz CT molecular complexity index is 406. The Morgan fingerprint density at radius 1 is 1.50 bits per heavy atom. The van der Waals surface area contributed by atoms with Crippen molar-refractivity contribution >= 4 is 16.8 Å². The third-order valence-corrected chi connectivity index (χ3v) is 1.97. The Hall–Kier alpha value is -1.51. The van der Waals surface area contributed by atoms with E-state index in [2.05, 4.69) is 11.9 Å². The first-order chi connectivity index (χ1) is 5.81. The van der Waals surface area contributed by atoms with Crippen LogP contribution in [0.15, 0.2) is 22.9 Å². The van der Waals surface area contributed by atoms with Gasteiger partial charge in [0.05, 0.1) is 0 Å². The molecule has 0 saturated heterocycles. The molecular formula is C9H10N2O. The van der Waals surface area contributed by atoms with Crippen LogP contribution >= 0.6 is 0 Å². The van der Waals surface area contributed by atoms with Crippen LogP contribution in [0.5, 0.6) is 0 Å². The van der Waals surface area contributed by atoms with E-state index in [1.807, 2.05) is 12.1 Å². The van der Waals surface area contributed by atoms with Crippen LogP contribution in [-0.2, 0) is 6.42 Å². The fourth-order valence-electron chi connectivity index (χ4n) is 1.27. The first kappa shape index (κ1) is 7.16. The van der Waals surface area contributed by atoms with E-state index in [1.165, 1.54) is 6.39 Å². The lowest BCUT2D eigenvalue weighted by molar-refractivity contribution is 0.602. The summed E-state index contributed by atoms with van der Waals surface area (Å²) >= 11 is 0. The lowest BCUT2D eigenvalue weighted by Gasteiger charge is -2.00. The molecule has 0 radical (unpaired) electrons. The molecule has 3 heteroatoms. The summed E-state index contributed by atoms with van der Waals surface area (Å²) in [6.45, 7) is 2.07. The molecule has 0 fully saturated rings. The van der Waals surface area contributed by atoms with Crippen molar-refractivity contribution in [3.8, 4) is 0 Å². The van der Waals surface area contributed by atoms with Gasteiger partial charge >= 0.3 is 0 Å². The van der Waals surface area contributed by atoms with Crippen molar-refractivity contribution in [2.45, 2.75) is 13.3 Å². The summed E-state index contributed by atoms with van der Waals surface area (Å²) in [4.78, 5) is 4.05. The van der Waals surface area contributed by atoms with Crippen molar-refractivity contribution in [1.82, 2.24) is 4.98 Å². The van der Waals surface area contributed by atoms with Crippen LogP contribution in [0.1, 0.15) is 12.5 Å². The molecule has 1 aromatic carbocycles. The van der Waals surface area contributed by atoms with Gasteiger partial charge in [0.1, 0.15) is 5.52 Å². The van der Waals surface area contributed by atoms with E-state index < -0.39 is 0 Å². The van der Waals surface area contributed by atoms with Crippen molar-refractivity contribution in [3.05, 3.63) is 24.1 Å². The molecule has 0 bridgehead atoms. The van der Waals surface area contributed by atoms with E-state index in [0.29, 0.717) is 0 Å². The maximum atomic E-state index is 5.77. The lowest BCUT2D eigenvalue weighted by Crippen LogP contribution is -1.91. The Balaban J connectivity index is 2.73. The van der Waals surface area contributed by atoms with Gasteiger partial charge in [-0.25, -0.2) is 4.98 Å². The second-order valence-corrected chi connectivity index (χ2v) is 2.72. The first-order valence-corrected chi connectivity index (χ1v) is 3.93. The number of nitrogens with zero attached hydrogens (tertiary/aromatic N) is 1. The molecule has 0 saturated carbocycles. The highest BCUT2D eigenvalue weighted by Crippen LogP contribution is 2.20. The highest BCUT2D eigenvalue weighted by molar-refractivity contribution is 5.78. The molecule has 0 unspecified atom stereocenters. The molecule has 12 heavy (non-hydrogen) atoms. The highest BCUT2D eigenvalue weighted by atomic mass is 16.3. The molecule has 3 nitrogen and oxygen atoms in total. The van der Waals surface area contributed by atoms with Crippen LogP contribution in [0, 0.1) is 0 Å². The van der Waals surface area contributed by atoms with Crippen LogP contribution in [0.4, 0.5) is 5.69 Å². The third-order valence-electron chi connectivity index (χ3n) is 1.97. The van der Waals surface area contributed by atoms with Crippen LogP contribution in [-0.4, -0.2) is 4.98 Å². The number of benzene rings is 1. The maximum Gasteiger partial charge on any atom is 0.181 e. The smallest absolute Gasteiger partial charge is 0.181 e. The van der Waals surface area contributed by atoms with Crippen molar-refractivity contribution in [3.63, 3.8) is 0 Å². The van der Waals surface area contributed by atoms with Gasteiger partial charge in [0, 0.05) is 11.8 Å². The molecule has 0 aliphatic heterocycles. The number of nitrogen functional groups attached to an aromatic ring is 1. The Morgan fingerprint density at radius 2 is 2.33 bits per heavy atom. The minimum absolute atomic E-state index is 0.754. The zero-order chi connectivity index (χ0) is 8.55. The van der Waals surface area contributed by atoms with E-state index in [9.17, 15) is 0 Å². The molecule has 0 amide bonds. The van der Waals surface area contributed by atoms with Gasteiger partial charge in [-0.05, 0) is 18.1 Å². The minimum atomic E-state index is 0.754. The number of anilines is 1. The molecule has 2 N–H and O–H groups in total. The first-order valence-electron chi connectivity index (χ1n) is 3.93.